The first-order valence-corrected chi connectivity index (χ1v) is 11.8. The largest absolute Gasteiger partial charge is 0.241 e. The van der Waals surface area contributed by atoms with E-state index in [1.165, 1.54) is 74.2 Å². The van der Waals surface area contributed by atoms with Gasteiger partial charge in [0.25, 0.3) is 0 Å². The lowest BCUT2D eigenvalue weighted by Gasteiger charge is -2.11. The summed E-state index contributed by atoms with van der Waals surface area (Å²) >= 11 is 4.21. The van der Waals surface area contributed by atoms with Crippen molar-refractivity contribution in [1.82, 2.24) is 4.98 Å². The molecule has 1 aliphatic carbocycles. The van der Waals surface area contributed by atoms with Crippen LogP contribution in [0.1, 0.15) is 58.3 Å². The van der Waals surface area contributed by atoms with Crippen molar-refractivity contribution in [2.75, 3.05) is 0 Å². The number of halogens is 1. The molecule has 0 bridgehead atoms. The van der Waals surface area contributed by atoms with Crippen LogP contribution in [0.2, 0.25) is 0 Å². The molecular formula is C24H26INS. The molecule has 3 heteroatoms. The lowest BCUT2D eigenvalue weighted by atomic mass is 9.96. The van der Waals surface area contributed by atoms with Crippen molar-refractivity contribution >= 4 is 33.9 Å². The lowest BCUT2D eigenvalue weighted by Crippen LogP contribution is -1.96. The second-order valence-corrected chi connectivity index (χ2v) is 9.87. The van der Waals surface area contributed by atoms with Gasteiger partial charge in [0.15, 0.2) is 0 Å². The number of hydrogen-bond donors (Lipinski definition) is 0. The molecule has 0 atom stereocenters. The topological polar surface area (TPSA) is 12.9 Å². The average Bonchev–Trinajstić information content (AvgIpc) is 2.97. The number of nitrogens with zero attached hydrogens (tertiary/aromatic N) is 1. The minimum atomic E-state index is 0.921. The zero-order valence-corrected chi connectivity index (χ0v) is 19.3. The molecule has 0 saturated heterocycles. The van der Waals surface area contributed by atoms with Crippen LogP contribution < -0.4 is 0 Å². The summed E-state index contributed by atoms with van der Waals surface area (Å²) in [4.78, 5) is 5.02. The molecule has 140 valence electrons. The monoisotopic (exact) mass is 487 g/mol. The lowest BCUT2D eigenvalue weighted by molar-refractivity contribution is 0.711. The highest BCUT2D eigenvalue weighted by Gasteiger charge is 2.15. The van der Waals surface area contributed by atoms with E-state index in [9.17, 15) is 0 Å². The second kappa shape index (κ2) is 8.04. The van der Waals surface area contributed by atoms with Gasteiger partial charge in [0.1, 0.15) is 5.01 Å². The van der Waals surface area contributed by atoms with Gasteiger partial charge in [-0.3, -0.25) is 0 Å². The average molecular weight is 487 g/mol. The smallest absolute Gasteiger partial charge is 0.123 e. The molecule has 4 rings (SSSR count). The molecule has 0 N–H and O–H groups in total. The fourth-order valence-electron chi connectivity index (χ4n) is 4.05. The predicted molar refractivity (Wildman–Crippen MR) is 125 cm³/mol. The van der Waals surface area contributed by atoms with Crippen LogP contribution in [0.15, 0.2) is 29.6 Å². The molecule has 3 aromatic rings. The summed E-state index contributed by atoms with van der Waals surface area (Å²) < 4.78 is 1.34. The van der Waals surface area contributed by atoms with Gasteiger partial charge in [-0.15, -0.1) is 11.3 Å². The van der Waals surface area contributed by atoms with Gasteiger partial charge >= 0.3 is 0 Å². The molecule has 0 radical (unpaired) electrons. The highest BCUT2D eigenvalue weighted by atomic mass is 127. The van der Waals surface area contributed by atoms with Gasteiger partial charge in [-0.05, 0) is 115 Å². The summed E-state index contributed by atoms with van der Waals surface area (Å²) in [5, 5.41) is 3.42. The molecule has 0 spiro atoms. The summed E-state index contributed by atoms with van der Waals surface area (Å²) in [5.74, 6) is 0. The van der Waals surface area contributed by atoms with Crippen LogP contribution in [0.5, 0.6) is 0 Å². The first kappa shape index (κ1) is 19.1. The Labute approximate surface area is 180 Å². The number of rotatable bonds is 3. The van der Waals surface area contributed by atoms with Gasteiger partial charge in [-0.1, -0.05) is 18.6 Å². The Morgan fingerprint density at radius 1 is 0.889 bits per heavy atom. The molecule has 1 aromatic heterocycles. The normalized spacial score (nSPS) is 14.1. The first-order chi connectivity index (χ1) is 13.0. The van der Waals surface area contributed by atoms with Crippen LogP contribution in [0, 0.1) is 24.3 Å². The Morgan fingerprint density at radius 3 is 2.41 bits per heavy atom. The van der Waals surface area contributed by atoms with Gasteiger partial charge in [0, 0.05) is 20.9 Å². The van der Waals surface area contributed by atoms with Crippen LogP contribution in [0.4, 0.5) is 0 Å². The highest BCUT2D eigenvalue weighted by molar-refractivity contribution is 14.1. The number of benzene rings is 2. The molecule has 0 saturated carbocycles. The fraction of sp³-hybridized carbons (Fsp3) is 0.375. The minimum absolute atomic E-state index is 0.921. The third kappa shape index (κ3) is 4.14. The Morgan fingerprint density at radius 2 is 1.63 bits per heavy atom. The third-order valence-electron chi connectivity index (χ3n) is 5.71. The van der Waals surface area contributed by atoms with E-state index < -0.39 is 0 Å². The Balaban J connectivity index is 1.63. The Bertz CT molecular complexity index is 986. The maximum atomic E-state index is 5.02. The highest BCUT2D eigenvalue weighted by Crippen LogP contribution is 2.32. The van der Waals surface area contributed by atoms with Crippen LogP contribution in [0.3, 0.4) is 0 Å². The maximum absolute atomic E-state index is 5.02. The molecule has 0 amide bonds. The predicted octanol–water partition coefficient (Wildman–Crippen LogP) is 7.20. The van der Waals surface area contributed by atoms with E-state index in [4.69, 9.17) is 4.98 Å². The van der Waals surface area contributed by atoms with Crippen LogP contribution in [-0.2, 0) is 19.3 Å². The van der Waals surface area contributed by atoms with Crippen molar-refractivity contribution in [1.29, 1.82) is 0 Å². The van der Waals surface area contributed by atoms with Gasteiger partial charge in [-0.25, -0.2) is 4.98 Å². The number of thiazole rings is 1. The number of fused-ring (bicyclic) bond motifs is 1. The third-order valence-corrected chi connectivity index (χ3v) is 7.80. The van der Waals surface area contributed by atoms with Crippen molar-refractivity contribution in [2.24, 2.45) is 0 Å². The molecule has 0 aliphatic heterocycles. The molecule has 0 fully saturated rings. The van der Waals surface area contributed by atoms with Crippen molar-refractivity contribution in [3.05, 3.63) is 72.3 Å². The van der Waals surface area contributed by atoms with E-state index in [0.717, 1.165) is 6.42 Å². The summed E-state index contributed by atoms with van der Waals surface area (Å²) in [6.07, 6.45) is 7.41. The standard InChI is InChI=1S/C24H26INS/c1-15-11-23(25)17(3)10-20(15)12-21-14-27-24(26-21)22-13-19-8-6-4-5-7-18(19)9-16(22)2/h9-11,13-14H,4-8,12H2,1-3H3. The van der Waals surface area contributed by atoms with E-state index in [1.54, 1.807) is 22.5 Å². The molecule has 1 nitrogen and oxygen atoms in total. The van der Waals surface area contributed by atoms with Gasteiger partial charge in [0.05, 0.1) is 5.69 Å². The summed E-state index contributed by atoms with van der Waals surface area (Å²) in [6, 6.07) is 9.46. The maximum Gasteiger partial charge on any atom is 0.123 e. The molecule has 27 heavy (non-hydrogen) atoms. The zero-order valence-electron chi connectivity index (χ0n) is 16.4. The number of hydrogen-bond acceptors (Lipinski definition) is 2. The molecule has 1 heterocycles. The number of aryl methyl sites for hydroxylation is 5. The SMILES string of the molecule is Cc1cc(Cc2csc(-c3cc4c(cc3C)CCCCC4)n2)c(C)cc1I. The Hall–Kier alpha value is -1.20. The van der Waals surface area contributed by atoms with E-state index >= 15 is 0 Å². The van der Waals surface area contributed by atoms with E-state index in [0.29, 0.717) is 0 Å². The molecular weight excluding hydrogens is 461 g/mol. The molecule has 2 aromatic carbocycles. The van der Waals surface area contributed by atoms with E-state index in [2.05, 4.69) is 73.0 Å². The van der Waals surface area contributed by atoms with Crippen molar-refractivity contribution < 1.29 is 0 Å². The van der Waals surface area contributed by atoms with Crippen molar-refractivity contribution in [3.8, 4) is 10.6 Å². The van der Waals surface area contributed by atoms with Crippen molar-refractivity contribution in [3.63, 3.8) is 0 Å². The Kier molecular flexibility index (Phi) is 5.70. The quantitative estimate of drug-likeness (QED) is 0.281. The zero-order chi connectivity index (χ0) is 19.0. The van der Waals surface area contributed by atoms with Crippen LogP contribution in [0.25, 0.3) is 10.6 Å². The first-order valence-electron chi connectivity index (χ1n) is 9.84. The summed E-state index contributed by atoms with van der Waals surface area (Å²) in [7, 11) is 0. The summed E-state index contributed by atoms with van der Waals surface area (Å²) in [5.41, 5.74) is 11.1. The fourth-order valence-corrected chi connectivity index (χ4v) is 5.58. The van der Waals surface area contributed by atoms with Gasteiger partial charge in [0.2, 0.25) is 0 Å². The summed E-state index contributed by atoms with van der Waals surface area (Å²) in [6.45, 7) is 6.64. The second-order valence-electron chi connectivity index (χ2n) is 7.85. The van der Waals surface area contributed by atoms with Crippen LogP contribution >= 0.6 is 33.9 Å². The number of aromatic nitrogens is 1. The van der Waals surface area contributed by atoms with E-state index in [-0.39, 0.29) is 0 Å². The van der Waals surface area contributed by atoms with Gasteiger partial charge < -0.3 is 0 Å². The van der Waals surface area contributed by atoms with Crippen LogP contribution in [-0.4, -0.2) is 4.98 Å². The van der Waals surface area contributed by atoms with E-state index in [1.807, 2.05) is 0 Å². The van der Waals surface area contributed by atoms with Crippen molar-refractivity contribution in [2.45, 2.75) is 59.3 Å². The minimum Gasteiger partial charge on any atom is -0.241 e. The van der Waals surface area contributed by atoms with Gasteiger partial charge in [-0.2, -0.15) is 0 Å². The molecule has 0 unspecified atom stereocenters. The molecule has 1 aliphatic rings.